The maximum absolute atomic E-state index is 13.3. The fraction of sp³-hybridized carbons (Fsp3) is 0.400. The summed E-state index contributed by atoms with van der Waals surface area (Å²) in [6.07, 6.45) is -7.03. The molecule has 248 valence electrons. The molecule has 0 saturated carbocycles. The van der Waals surface area contributed by atoms with Crippen LogP contribution in [0.2, 0.25) is 0 Å². The number of nitrogens with zero attached hydrogens (tertiary/aromatic N) is 2. The van der Waals surface area contributed by atoms with Crippen LogP contribution in [0.1, 0.15) is 75.1 Å². The summed E-state index contributed by atoms with van der Waals surface area (Å²) in [5.41, 5.74) is 0.157. The van der Waals surface area contributed by atoms with Crippen LogP contribution in [0.3, 0.4) is 0 Å². The fourth-order valence-electron chi connectivity index (χ4n) is 5.30. The zero-order chi connectivity index (χ0) is 33.6. The van der Waals surface area contributed by atoms with Crippen molar-refractivity contribution >= 4 is 58.1 Å². The number of ketones is 1. The molecule has 4 rings (SSSR count). The van der Waals surface area contributed by atoms with E-state index in [9.17, 15) is 45.5 Å². The maximum Gasteiger partial charge on any atom is 0.416 e. The Bertz CT molecular complexity index is 1490. The Labute approximate surface area is 275 Å². The van der Waals surface area contributed by atoms with Gasteiger partial charge in [-0.25, -0.2) is 10.1 Å². The number of rotatable bonds is 9. The number of halogens is 7. The number of piperazine rings is 1. The molecule has 1 fully saturated rings. The molecule has 0 bridgehead atoms. The lowest BCUT2D eigenvalue weighted by atomic mass is 9.84. The summed E-state index contributed by atoms with van der Waals surface area (Å²) in [6, 6.07) is 5.67. The molecule has 46 heavy (non-hydrogen) atoms. The van der Waals surface area contributed by atoms with E-state index < -0.39 is 29.3 Å². The minimum absolute atomic E-state index is 0.0340. The van der Waals surface area contributed by atoms with E-state index in [-0.39, 0.29) is 72.6 Å². The second kappa shape index (κ2) is 15.2. The fourth-order valence-corrected chi connectivity index (χ4v) is 5.78. The van der Waals surface area contributed by atoms with E-state index in [4.69, 9.17) is 4.62 Å². The van der Waals surface area contributed by atoms with E-state index in [1.54, 1.807) is 15.9 Å². The van der Waals surface area contributed by atoms with Crippen molar-refractivity contribution in [2.24, 2.45) is 0 Å². The number of alkyl halides is 6. The van der Waals surface area contributed by atoms with Crippen LogP contribution in [-0.4, -0.2) is 59.5 Å². The Kier molecular flexibility index (Phi) is 11.9. The van der Waals surface area contributed by atoms with Crippen LogP contribution in [0, 0.1) is 0 Å². The monoisotopic (exact) mass is 783 g/mol. The number of hydrogen-bond donors (Lipinski definition) is 1. The minimum atomic E-state index is -5.01. The molecular weight excluding hydrogens is 754 g/mol. The number of aryl methyl sites for hydroxylation is 1. The Hall–Kier alpha value is -3.04. The first-order valence-electron chi connectivity index (χ1n) is 14.2. The topological polar surface area (TPSA) is 96.0 Å². The number of amides is 3. The average molecular weight is 783 g/mol. The van der Waals surface area contributed by atoms with E-state index in [1.807, 2.05) is 22.0 Å². The Morgan fingerprint density at radius 1 is 0.870 bits per heavy atom. The van der Waals surface area contributed by atoms with Crippen LogP contribution in [0.5, 0.6) is 0 Å². The predicted octanol–water partition coefficient (Wildman–Crippen LogP) is 6.77. The molecule has 1 unspecified atom stereocenters. The number of hydroxylamine groups is 1. The lowest BCUT2D eigenvalue weighted by Gasteiger charge is -2.35. The van der Waals surface area contributed by atoms with Gasteiger partial charge in [0.25, 0.3) is 5.91 Å². The zero-order valence-corrected chi connectivity index (χ0v) is 27.4. The van der Waals surface area contributed by atoms with Gasteiger partial charge in [-0.15, -0.1) is 0 Å². The molecule has 1 N–H and O–H groups in total. The number of Topliss-reactive ketones (excluding diaryl/α,β-unsaturated/α-hetero) is 1. The molecule has 1 heterocycles. The van der Waals surface area contributed by atoms with Gasteiger partial charge in [0.1, 0.15) is 6.45 Å². The molecule has 1 saturated heterocycles. The molecule has 16 heteroatoms. The molecule has 8 nitrogen and oxygen atoms in total. The van der Waals surface area contributed by atoms with Crippen molar-refractivity contribution in [2.75, 3.05) is 26.2 Å². The first-order valence-corrected chi connectivity index (χ1v) is 18.2. The first kappa shape index (κ1) is 35.8. The van der Waals surface area contributed by atoms with Gasteiger partial charge in [-0.3, -0.25) is 19.2 Å². The molecule has 2 aliphatic rings. The van der Waals surface area contributed by atoms with Crippen molar-refractivity contribution in [1.29, 1.82) is 0 Å². The summed E-state index contributed by atoms with van der Waals surface area (Å²) >= 11 is 1.98. The summed E-state index contributed by atoms with van der Waals surface area (Å²) in [7, 11) is 0. The molecule has 0 aromatic heterocycles. The number of nitrogens with one attached hydrogen (secondary N) is 1. The molecule has 2 aromatic carbocycles. The minimum Gasteiger partial charge on any atom is -0.339 e. The van der Waals surface area contributed by atoms with Crippen LogP contribution >= 0.6 is 28.5 Å². The van der Waals surface area contributed by atoms with Gasteiger partial charge in [0.15, 0.2) is 5.78 Å². The summed E-state index contributed by atoms with van der Waals surface area (Å²) in [5.74, 6) is -1.13. The standard InChI is InChI=1S/C30H29F6IN3O5P/c31-29(32,33)22-14-18(15-23(17-22)30(34,35)36)13-20-6-5-19-16-21(7-8-24(19)27(20)43)28(44)40-11-9-39(10-12-40)26(42)4-2-1-3-25(41)38-45-46-37/h7-8,13-17,46H,1-6,9-12H2,(H,38,41)/b20-13+. The van der Waals surface area contributed by atoms with Crippen LogP contribution in [0.4, 0.5) is 26.3 Å². The molecular formula is C30H29F6IN3O5P. The highest BCUT2D eigenvalue weighted by molar-refractivity contribution is 14.2. The number of fused-ring (bicyclic) bond motifs is 1. The second-order valence-electron chi connectivity index (χ2n) is 10.8. The molecule has 1 atom stereocenters. The SMILES string of the molecule is O=C(CCCCC(=O)N1CCN(C(=O)c2ccc3c(c2)CC/C(=C\c2cc(C(F)(F)F)cc(C(F)(F)F)c2)C3=O)CC1)NOPI. The third-order valence-corrected chi connectivity index (χ3v) is 8.51. The molecule has 0 radical (unpaired) electrons. The van der Waals surface area contributed by atoms with Crippen LogP contribution < -0.4 is 5.48 Å². The summed E-state index contributed by atoms with van der Waals surface area (Å²) < 4.78 is 84.5. The van der Waals surface area contributed by atoms with Gasteiger partial charge in [-0.05, 0) is 101 Å². The highest BCUT2D eigenvalue weighted by atomic mass is 127. The number of hydrogen-bond acceptors (Lipinski definition) is 5. The molecule has 1 aliphatic heterocycles. The smallest absolute Gasteiger partial charge is 0.339 e. The summed E-state index contributed by atoms with van der Waals surface area (Å²) in [6.45, 7) is 1.42. The van der Waals surface area contributed by atoms with E-state index in [2.05, 4.69) is 5.48 Å². The normalized spacial score (nSPS) is 16.7. The zero-order valence-electron chi connectivity index (χ0n) is 24.2. The molecule has 3 amide bonds. The number of allylic oxidation sites excluding steroid dienone is 1. The van der Waals surface area contributed by atoms with E-state index in [1.165, 1.54) is 12.1 Å². The van der Waals surface area contributed by atoms with Crippen molar-refractivity contribution in [3.63, 3.8) is 0 Å². The first-order chi connectivity index (χ1) is 21.7. The van der Waals surface area contributed by atoms with Crippen molar-refractivity contribution < 1.29 is 50.1 Å². The van der Waals surface area contributed by atoms with Crippen molar-refractivity contribution in [1.82, 2.24) is 15.3 Å². The van der Waals surface area contributed by atoms with Gasteiger partial charge in [0.2, 0.25) is 11.8 Å². The van der Waals surface area contributed by atoms with E-state index >= 15 is 0 Å². The van der Waals surface area contributed by atoms with Gasteiger partial charge in [0, 0.05) is 55.7 Å². The third-order valence-electron chi connectivity index (χ3n) is 7.67. The molecule has 2 aromatic rings. The maximum atomic E-state index is 13.3. The number of unbranched alkanes of at least 4 members (excludes halogenated alkanes) is 1. The lowest BCUT2D eigenvalue weighted by Crippen LogP contribution is -2.50. The summed E-state index contributed by atoms with van der Waals surface area (Å²) in [4.78, 5) is 53.8. The van der Waals surface area contributed by atoms with Crippen molar-refractivity contribution in [2.45, 2.75) is 50.9 Å². The van der Waals surface area contributed by atoms with Crippen LogP contribution in [0.25, 0.3) is 6.08 Å². The Balaban J connectivity index is 1.36. The largest absolute Gasteiger partial charge is 0.416 e. The van der Waals surface area contributed by atoms with Crippen molar-refractivity contribution in [3.8, 4) is 0 Å². The van der Waals surface area contributed by atoms with Gasteiger partial charge in [0.05, 0.1) is 11.1 Å². The average Bonchev–Trinajstić information content (AvgIpc) is 3.02. The van der Waals surface area contributed by atoms with Gasteiger partial charge in [-0.1, -0.05) is 0 Å². The van der Waals surface area contributed by atoms with E-state index in [0.29, 0.717) is 62.3 Å². The predicted molar refractivity (Wildman–Crippen MR) is 166 cm³/mol. The van der Waals surface area contributed by atoms with Crippen LogP contribution in [-0.2, 0) is 33.0 Å². The number of benzene rings is 2. The van der Waals surface area contributed by atoms with E-state index in [0.717, 1.165) is 6.08 Å². The second-order valence-corrected chi connectivity index (χ2v) is 12.5. The van der Waals surface area contributed by atoms with Gasteiger partial charge < -0.3 is 9.80 Å². The number of carbonyl (C=O) groups excluding carboxylic acids is 4. The highest BCUT2D eigenvalue weighted by Crippen LogP contribution is 2.37. The highest BCUT2D eigenvalue weighted by Gasteiger charge is 2.37. The molecule has 0 spiro atoms. The lowest BCUT2D eigenvalue weighted by molar-refractivity contribution is -0.143. The third kappa shape index (κ3) is 9.28. The van der Waals surface area contributed by atoms with Gasteiger partial charge in [-0.2, -0.15) is 26.3 Å². The van der Waals surface area contributed by atoms with Crippen molar-refractivity contribution in [3.05, 3.63) is 75.4 Å². The molecule has 1 aliphatic carbocycles. The Morgan fingerprint density at radius 2 is 1.48 bits per heavy atom. The number of carbonyl (C=O) groups is 4. The quantitative estimate of drug-likeness (QED) is 0.0757. The Morgan fingerprint density at radius 3 is 2.09 bits per heavy atom. The van der Waals surface area contributed by atoms with Gasteiger partial charge >= 0.3 is 12.4 Å². The van der Waals surface area contributed by atoms with Crippen LogP contribution in [0.15, 0.2) is 42.0 Å². The summed E-state index contributed by atoms with van der Waals surface area (Å²) in [5, 5.41) is 0.